The second kappa shape index (κ2) is 6.72. The maximum atomic E-state index is 10.9. The Kier molecular flexibility index (Phi) is 5.46. The molecule has 2 rings (SSSR count). The van der Waals surface area contributed by atoms with E-state index >= 15 is 0 Å². The quantitative estimate of drug-likeness (QED) is 0.688. The predicted octanol–water partition coefficient (Wildman–Crippen LogP) is 1.62. The molecule has 6 nitrogen and oxygen atoms in total. The molecule has 0 aliphatic rings. The van der Waals surface area contributed by atoms with Crippen molar-refractivity contribution in [1.82, 2.24) is 9.97 Å². The summed E-state index contributed by atoms with van der Waals surface area (Å²) in [6, 6.07) is 6.85. The van der Waals surface area contributed by atoms with Crippen molar-refractivity contribution in [1.29, 1.82) is 0 Å². The van der Waals surface area contributed by atoms with Crippen LogP contribution in [0.4, 0.5) is 0 Å². The van der Waals surface area contributed by atoms with Crippen molar-refractivity contribution in [2.75, 3.05) is 0 Å². The van der Waals surface area contributed by atoms with Crippen LogP contribution in [-0.4, -0.2) is 31.7 Å². The molecule has 0 saturated carbocycles. The molecule has 0 amide bonds. The summed E-state index contributed by atoms with van der Waals surface area (Å²) in [5.41, 5.74) is -1.68. The normalized spacial score (nSPS) is 15.9. The number of aliphatic hydroxyl groups is 2. The van der Waals surface area contributed by atoms with Gasteiger partial charge in [0.05, 0.1) is 11.4 Å². The summed E-state index contributed by atoms with van der Waals surface area (Å²) in [5, 5.41) is 19.1. The Morgan fingerprint density at radius 2 is 1.18 bits per heavy atom. The number of aromatic amines is 2. The van der Waals surface area contributed by atoms with Gasteiger partial charge in [-0.25, -0.2) is 0 Å². The van der Waals surface area contributed by atoms with Gasteiger partial charge in [0.1, 0.15) is 0 Å². The van der Waals surface area contributed by atoms with Gasteiger partial charge >= 0.3 is 0 Å². The predicted molar refractivity (Wildman–Crippen MR) is 82.1 cm³/mol. The highest BCUT2D eigenvalue weighted by Gasteiger charge is 2.29. The molecule has 0 aromatic carbocycles. The number of carbonyl (C=O) groups excluding carboxylic acids is 2. The summed E-state index contributed by atoms with van der Waals surface area (Å²) in [7, 11) is 0. The van der Waals surface area contributed by atoms with Gasteiger partial charge in [-0.3, -0.25) is 9.59 Å². The van der Waals surface area contributed by atoms with E-state index in [1.807, 2.05) is 0 Å². The number of nitrogens with one attached hydrogen (secondary N) is 2. The van der Waals surface area contributed by atoms with Gasteiger partial charge in [0.15, 0.2) is 22.8 Å². The number of rotatable bonds is 4. The van der Waals surface area contributed by atoms with Crippen molar-refractivity contribution in [2.45, 2.75) is 38.9 Å². The van der Waals surface area contributed by atoms with Gasteiger partial charge in [-0.1, -0.05) is 0 Å². The molecule has 0 unspecified atom stereocenters. The third kappa shape index (κ3) is 3.93. The first-order valence-corrected chi connectivity index (χ1v) is 6.84. The standard InChI is InChI=1S/2C8H11NO2/c2*1-6(10)8(2,11)7-4-3-5-9-7/h2*3-5,9,11H,1-2H3/t2*8-/m10/s1. The molecule has 22 heavy (non-hydrogen) atoms. The minimum Gasteiger partial charge on any atom is -0.376 e. The van der Waals surface area contributed by atoms with Crippen LogP contribution in [-0.2, 0) is 20.8 Å². The highest BCUT2D eigenvalue weighted by molar-refractivity contribution is 5.85. The zero-order valence-corrected chi connectivity index (χ0v) is 13.2. The third-order valence-electron chi connectivity index (χ3n) is 3.62. The van der Waals surface area contributed by atoms with Gasteiger partial charge in [-0.05, 0) is 52.0 Å². The average molecular weight is 306 g/mol. The topological polar surface area (TPSA) is 106 Å². The van der Waals surface area contributed by atoms with Gasteiger partial charge < -0.3 is 20.2 Å². The average Bonchev–Trinajstić information content (AvgIpc) is 3.13. The Balaban J connectivity index is 0.000000220. The van der Waals surface area contributed by atoms with Crippen LogP contribution >= 0.6 is 0 Å². The van der Waals surface area contributed by atoms with Crippen molar-refractivity contribution in [3.8, 4) is 0 Å². The number of hydrogen-bond acceptors (Lipinski definition) is 4. The lowest BCUT2D eigenvalue weighted by Gasteiger charge is -2.17. The minimum absolute atomic E-state index is 0.264. The third-order valence-corrected chi connectivity index (χ3v) is 3.62. The Bertz CT molecular complexity index is 554. The maximum absolute atomic E-state index is 10.9. The molecule has 0 spiro atoms. The lowest BCUT2D eigenvalue weighted by molar-refractivity contribution is -0.135. The van der Waals surface area contributed by atoms with Gasteiger partial charge in [0.25, 0.3) is 0 Å². The zero-order valence-electron chi connectivity index (χ0n) is 13.2. The first kappa shape index (κ1) is 17.9. The van der Waals surface area contributed by atoms with E-state index < -0.39 is 11.2 Å². The van der Waals surface area contributed by atoms with Gasteiger partial charge in [0, 0.05) is 12.4 Å². The molecule has 4 N–H and O–H groups in total. The Labute approximate surface area is 129 Å². The highest BCUT2D eigenvalue weighted by atomic mass is 16.3. The minimum atomic E-state index is -1.37. The number of Topliss-reactive ketones (excluding diaryl/α,β-unsaturated/α-hetero) is 2. The molecule has 0 fully saturated rings. The molecular formula is C16H22N2O4. The van der Waals surface area contributed by atoms with E-state index in [9.17, 15) is 19.8 Å². The van der Waals surface area contributed by atoms with E-state index in [1.165, 1.54) is 27.7 Å². The monoisotopic (exact) mass is 306 g/mol. The fraction of sp³-hybridized carbons (Fsp3) is 0.375. The van der Waals surface area contributed by atoms with Crippen molar-refractivity contribution in [3.63, 3.8) is 0 Å². The van der Waals surface area contributed by atoms with Gasteiger partial charge in [-0.15, -0.1) is 0 Å². The molecule has 6 heteroatoms. The number of aromatic nitrogens is 2. The molecule has 0 saturated heterocycles. The molecule has 120 valence electrons. The van der Waals surface area contributed by atoms with Crippen molar-refractivity contribution in [3.05, 3.63) is 48.0 Å². The lowest BCUT2D eigenvalue weighted by atomic mass is 9.98. The van der Waals surface area contributed by atoms with Crippen LogP contribution in [0.2, 0.25) is 0 Å². The number of hydrogen-bond donors (Lipinski definition) is 4. The number of H-pyrrole nitrogens is 2. The van der Waals surface area contributed by atoms with Crippen LogP contribution in [0.5, 0.6) is 0 Å². The fourth-order valence-corrected chi connectivity index (χ4v) is 1.65. The summed E-state index contributed by atoms with van der Waals surface area (Å²) < 4.78 is 0. The summed E-state index contributed by atoms with van der Waals surface area (Å²) in [5.74, 6) is -0.528. The lowest BCUT2D eigenvalue weighted by Crippen LogP contribution is -2.30. The van der Waals surface area contributed by atoms with E-state index in [4.69, 9.17) is 0 Å². The summed E-state index contributed by atoms with van der Waals surface area (Å²) in [4.78, 5) is 27.4. The van der Waals surface area contributed by atoms with E-state index in [0.29, 0.717) is 11.4 Å². The van der Waals surface area contributed by atoms with Crippen LogP contribution < -0.4 is 0 Å². The van der Waals surface area contributed by atoms with E-state index in [2.05, 4.69) is 9.97 Å². The fourth-order valence-electron chi connectivity index (χ4n) is 1.65. The van der Waals surface area contributed by atoms with Crippen LogP contribution in [0.1, 0.15) is 39.1 Å². The molecule has 0 aliphatic heterocycles. The molecule has 0 aliphatic carbocycles. The summed E-state index contributed by atoms with van der Waals surface area (Å²) in [6.07, 6.45) is 3.35. The van der Waals surface area contributed by atoms with Crippen LogP contribution in [0.3, 0.4) is 0 Å². The molecule has 0 radical (unpaired) electrons. The Morgan fingerprint density at radius 1 is 0.864 bits per heavy atom. The van der Waals surface area contributed by atoms with Crippen LogP contribution in [0.25, 0.3) is 0 Å². The SMILES string of the molecule is CC(=O)[C@@](C)(O)c1ccc[nH]1.CC(=O)[C@](C)(O)c1ccc[nH]1. The second-order valence-corrected chi connectivity index (χ2v) is 5.42. The molecule has 0 bridgehead atoms. The van der Waals surface area contributed by atoms with Crippen LogP contribution in [0.15, 0.2) is 36.7 Å². The summed E-state index contributed by atoms with van der Waals surface area (Å²) >= 11 is 0. The Hall–Kier alpha value is -2.18. The Morgan fingerprint density at radius 3 is 1.36 bits per heavy atom. The second-order valence-electron chi connectivity index (χ2n) is 5.42. The van der Waals surface area contributed by atoms with Crippen molar-refractivity contribution >= 4 is 11.6 Å². The van der Waals surface area contributed by atoms with Crippen LogP contribution in [0, 0.1) is 0 Å². The molecule has 2 heterocycles. The molecular weight excluding hydrogens is 284 g/mol. The first-order chi connectivity index (χ1) is 10.1. The van der Waals surface area contributed by atoms with Gasteiger partial charge in [-0.2, -0.15) is 0 Å². The molecule has 2 aromatic rings. The van der Waals surface area contributed by atoms with E-state index in [0.717, 1.165) is 0 Å². The van der Waals surface area contributed by atoms with Crippen molar-refractivity contribution in [2.24, 2.45) is 0 Å². The smallest absolute Gasteiger partial charge is 0.167 e. The van der Waals surface area contributed by atoms with E-state index in [-0.39, 0.29) is 11.6 Å². The largest absolute Gasteiger partial charge is 0.376 e. The summed E-state index contributed by atoms with van der Waals surface area (Å²) in [6.45, 7) is 5.67. The van der Waals surface area contributed by atoms with Crippen molar-refractivity contribution < 1.29 is 19.8 Å². The molecule has 2 aromatic heterocycles. The zero-order chi connectivity index (χ0) is 17.0. The highest BCUT2D eigenvalue weighted by Crippen LogP contribution is 2.19. The van der Waals surface area contributed by atoms with E-state index in [1.54, 1.807) is 36.7 Å². The van der Waals surface area contributed by atoms with Gasteiger partial charge in [0.2, 0.25) is 0 Å². The first-order valence-electron chi connectivity index (χ1n) is 6.84. The number of ketones is 2. The number of carbonyl (C=O) groups is 2. The molecule has 2 atom stereocenters. The maximum Gasteiger partial charge on any atom is 0.167 e.